The number of likely N-dealkylation sites (tertiary alicyclic amines) is 1. The Morgan fingerprint density at radius 1 is 1.11 bits per heavy atom. The topological polar surface area (TPSA) is 35.6 Å². The molecule has 1 saturated heterocycles. The van der Waals surface area contributed by atoms with Gasteiger partial charge in [0, 0.05) is 25.7 Å². The van der Waals surface area contributed by atoms with Gasteiger partial charge in [-0.05, 0) is 45.7 Å². The highest BCUT2D eigenvalue weighted by molar-refractivity contribution is 5.74. The van der Waals surface area contributed by atoms with Gasteiger partial charge in [-0.25, -0.2) is 4.79 Å². The Balaban J connectivity index is 1.69. The molecule has 2 fully saturated rings. The van der Waals surface area contributed by atoms with Gasteiger partial charge in [0.25, 0.3) is 0 Å². The van der Waals surface area contributed by atoms with E-state index in [0.717, 1.165) is 38.4 Å². The molecule has 0 aromatic rings. The number of rotatable bonds is 3. The predicted molar refractivity (Wildman–Crippen MR) is 78.3 cm³/mol. The van der Waals surface area contributed by atoms with Gasteiger partial charge in [0.1, 0.15) is 0 Å². The fraction of sp³-hybridized carbons (Fsp3) is 0.933. The minimum Gasteiger partial charge on any atom is -0.335 e. The van der Waals surface area contributed by atoms with Crippen LogP contribution in [-0.2, 0) is 0 Å². The molecule has 4 nitrogen and oxygen atoms in total. The van der Waals surface area contributed by atoms with Crippen molar-refractivity contribution < 1.29 is 4.79 Å². The van der Waals surface area contributed by atoms with E-state index in [2.05, 4.69) is 24.3 Å². The maximum absolute atomic E-state index is 12.2. The number of carbonyl (C=O) groups excluding carboxylic acids is 1. The van der Waals surface area contributed by atoms with Crippen molar-refractivity contribution in [2.75, 3.05) is 33.7 Å². The van der Waals surface area contributed by atoms with Crippen LogP contribution in [0.5, 0.6) is 0 Å². The highest BCUT2D eigenvalue weighted by atomic mass is 16.2. The smallest absolute Gasteiger partial charge is 0.317 e. The highest BCUT2D eigenvalue weighted by Gasteiger charge is 2.25. The molecule has 0 aromatic carbocycles. The summed E-state index contributed by atoms with van der Waals surface area (Å²) in [6, 6.07) is 0.607. The molecule has 1 heterocycles. The first-order chi connectivity index (χ1) is 9.15. The van der Waals surface area contributed by atoms with Gasteiger partial charge in [-0.1, -0.05) is 19.3 Å². The number of nitrogens with one attached hydrogen (secondary N) is 1. The number of carbonyl (C=O) groups is 1. The normalized spacial score (nSPS) is 22.8. The third-order valence-corrected chi connectivity index (χ3v) is 4.46. The van der Waals surface area contributed by atoms with Crippen LogP contribution in [0.3, 0.4) is 0 Å². The maximum atomic E-state index is 12.2. The van der Waals surface area contributed by atoms with E-state index in [9.17, 15) is 4.79 Å². The molecule has 19 heavy (non-hydrogen) atoms. The third-order valence-electron chi connectivity index (χ3n) is 4.46. The molecule has 1 aliphatic heterocycles. The molecule has 4 heteroatoms. The molecule has 110 valence electrons. The first kappa shape index (κ1) is 14.6. The monoisotopic (exact) mass is 267 g/mol. The lowest BCUT2D eigenvalue weighted by atomic mass is 9.95. The molecule has 0 aromatic heterocycles. The molecule has 0 spiro atoms. The number of amides is 2. The van der Waals surface area contributed by atoms with E-state index in [-0.39, 0.29) is 6.03 Å². The van der Waals surface area contributed by atoms with Crippen LogP contribution >= 0.6 is 0 Å². The van der Waals surface area contributed by atoms with Crippen LogP contribution in [0.2, 0.25) is 0 Å². The van der Waals surface area contributed by atoms with E-state index >= 15 is 0 Å². The summed E-state index contributed by atoms with van der Waals surface area (Å²) < 4.78 is 0. The second kappa shape index (κ2) is 7.13. The lowest BCUT2D eigenvalue weighted by molar-refractivity contribution is 0.155. The Morgan fingerprint density at radius 2 is 1.74 bits per heavy atom. The quantitative estimate of drug-likeness (QED) is 0.851. The Hall–Kier alpha value is -0.770. The minimum atomic E-state index is 0.176. The molecule has 1 aliphatic carbocycles. The van der Waals surface area contributed by atoms with Crippen molar-refractivity contribution in [3.63, 3.8) is 0 Å². The van der Waals surface area contributed by atoms with E-state index in [1.54, 1.807) is 0 Å². The molecule has 2 rings (SSSR count). The molecule has 0 unspecified atom stereocenters. The number of piperidine rings is 1. The van der Waals surface area contributed by atoms with Crippen LogP contribution in [0, 0.1) is 5.92 Å². The average molecular weight is 267 g/mol. The van der Waals surface area contributed by atoms with Crippen molar-refractivity contribution in [3.05, 3.63) is 0 Å². The number of hydrogen-bond acceptors (Lipinski definition) is 2. The SMILES string of the molecule is CN(C)CC1CCN(C(=O)NC2CCCCC2)CC1. The van der Waals surface area contributed by atoms with Gasteiger partial charge in [0.15, 0.2) is 0 Å². The van der Waals surface area contributed by atoms with Crippen molar-refractivity contribution in [3.8, 4) is 0 Å². The molecule has 2 aliphatic rings. The second-order valence-electron chi connectivity index (χ2n) is 6.48. The summed E-state index contributed by atoms with van der Waals surface area (Å²) in [7, 11) is 4.25. The molecule has 1 N–H and O–H groups in total. The summed E-state index contributed by atoms with van der Waals surface area (Å²) in [4.78, 5) is 16.5. The second-order valence-corrected chi connectivity index (χ2v) is 6.48. The van der Waals surface area contributed by atoms with Crippen molar-refractivity contribution in [2.24, 2.45) is 5.92 Å². The largest absolute Gasteiger partial charge is 0.335 e. The molecular weight excluding hydrogens is 238 g/mol. The van der Waals surface area contributed by atoms with Crippen LogP contribution < -0.4 is 5.32 Å². The minimum absolute atomic E-state index is 0.176. The van der Waals surface area contributed by atoms with E-state index in [1.165, 1.54) is 32.1 Å². The lowest BCUT2D eigenvalue weighted by Gasteiger charge is -2.34. The average Bonchev–Trinajstić information content (AvgIpc) is 2.40. The molecule has 1 saturated carbocycles. The van der Waals surface area contributed by atoms with Gasteiger partial charge < -0.3 is 15.1 Å². The van der Waals surface area contributed by atoms with Crippen molar-refractivity contribution >= 4 is 6.03 Å². The molecular formula is C15H29N3O. The van der Waals surface area contributed by atoms with Gasteiger partial charge in [-0.2, -0.15) is 0 Å². The van der Waals surface area contributed by atoms with Crippen LogP contribution in [0.1, 0.15) is 44.9 Å². The van der Waals surface area contributed by atoms with Crippen LogP contribution in [0.4, 0.5) is 4.79 Å². The zero-order valence-electron chi connectivity index (χ0n) is 12.5. The van der Waals surface area contributed by atoms with Gasteiger partial charge in [0.05, 0.1) is 0 Å². The fourth-order valence-corrected chi connectivity index (χ4v) is 3.35. The summed E-state index contributed by atoms with van der Waals surface area (Å²) in [5.74, 6) is 0.758. The summed E-state index contributed by atoms with van der Waals surface area (Å²) in [6.07, 6.45) is 8.52. The summed E-state index contributed by atoms with van der Waals surface area (Å²) in [5, 5.41) is 3.22. The Bertz CT molecular complexity index is 279. The number of nitrogens with zero attached hydrogens (tertiary/aromatic N) is 2. The van der Waals surface area contributed by atoms with Crippen molar-refractivity contribution in [2.45, 2.75) is 51.0 Å². The summed E-state index contributed by atoms with van der Waals surface area (Å²) in [6.45, 7) is 3.01. The molecule has 0 atom stereocenters. The van der Waals surface area contributed by atoms with Gasteiger partial charge in [-0.15, -0.1) is 0 Å². The van der Waals surface area contributed by atoms with Crippen molar-refractivity contribution in [1.29, 1.82) is 0 Å². The third kappa shape index (κ3) is 4.68. The number of urea groups is 1. The van der Waals surface area contributed by atoms with Crippen LogP contribution in [0.25, 0.3) is 0 Å². The van der Waals surface area contributed by atoms with Crippen molar-refractivity contribution in [1.82, 2.24) is 15.1 Å². The van der Waals surface area contributed by atoms with E-state index in [0.29, 0.717) is 6.04 Å². The van der Waals surface area contributed by atoms with E-state index in [4.69, 9.17) is 0 Å². The van der Waals surface area contributed by atoms with Gasteiger partial charge in [-0.3, -0.25) is 0 Å². The molecule has 2 amide bonds. The van der Waals surface area contributed by atoms with Gasteiger partial charge >= 0.3 is 6.03 Å². The standard InChI is InChI=1S/C15H29N3O/c1-17(2)12-13-8-10-18(11-9-13)15(19)16-14-6-4-3-5-7-14/h13-14H,3-12H2,1-2H3,(H,16,19). The molecule has 0 bridgehead atoms. The summed E-state index contributed by atoms with van der Waals surface area (Å²) >= 11 is 0. The fourth-order valence-electron chi connectivity index (χ4n) is 3.35. The summed E-state index contributed by atoms with van der Waals surface area (Å²) in [5.41, 5.74) is 0. The van der Waals surface area contributed by atoms with Crippen LogP contribution in [0.15, 0.2) is 0 Å². The predicted octanol–water partition coefficient (Wildman–Crippen LogP) is 2.30. The maximum Gasteiger partial charge on any atom is 0.317 e. The van der Waals surface area contributed by atoms with Crippen LogP contribution in [-0.4, -0.2) is 55.6 Å². The van der Waals surface area contributed by atoms with E-state index in [1.807, 2.05) is 4.90 Å². The zero-order chi connectivity index (χ0) is 13.7. The number of hydrogen-bond donors (Lipinski definition) is 1. The highest BCUT2D eigenvalue weighted by Crippen LogP contribution is 2.20. The molecule has 0 radical (unpaired) electrons. The first-order valence-corrected chi connectivity index (χ1v) is 7.85. The Kier molecular flexibility index (Phi) is 5.49. The van der Waals surface area contributed by atoms with Gasteiger partial charge in [0.2, 0.25) is 0 Å². The zero-order valence-corrected chi connectivity index (χ0v) is 12.5. The van der Waals surface area contributed by atoms with E-state index < -0.39 is 0 Å². The lowest BCUT2D eigenvalue weighted by Crippen LogP contribution is -2.49. The Morgan fingerprint density at radius 3 is 2.32 bits per heavy atom. The Labute approximate surface area is 117 Å². The first-order valence-electron chi connectivity index (χ1n) is 7.85.